The molecule has 31 heavy (non-hydrogen) atoms. The minimum atomic E-state index is -0.550. The molecule has 0 bridgehead atoms. The Kier molecular flexibility index (Phi) is 7.01. The van der Waals surface area contributed by atoms with Gasteiger partial charge in [0.15, 0.2) is 17.3 Å². The zero-order chi connectivity index (χ0) is 21.6. The van der Waals surface area contributed by atoms with Crippen LogP contribution in [0.5, 0.6) is 11.5 Å². The zero-order valence-corrected chi connectivity index (χ0v) is 18.0. The third-order valence-corrected chi connectivity index (χ3v) is 5.34. The number of hydrogen-bond donors (Lipinski definition) is 1. The van der Waals surface area contributed by atoms with Crippen molar-refractivity contribution in [3.8, 4) is 11.5 Å². The number of nitrogens with one attached hydrogen (secondary N) is 1. The van der Waals surface area contributed by atoms with E-state index in [0.29, 0.717) is 23.6 Å². The first-order chi connectivity index (χ1) is 15.1. The molecule has 0 unspecified atom stereocenters. The summed E-state index contributed by atoms with van der Waals surface area (Å²) < 4.78 is 31.0. The molecule has 0 saturated carbocycles. The Balaban J connectivity index is 1.44. The Bertz CT molecular complexity index is 1050. The second-order valence-corrected chi connectivity index (χ2v) is 7.55. The number of hydrogen-bond acceptors (Lipinski definition) is 7. The summed E-state index contributed by atoms with van der Waals surface area (Å²) >= 11 is 5.83. The van der Waals surface area contributed by atoms with Crippen molar-refractivity contribution in [3.63, 3.8) is 0 Å². The lowest BCUT2D eigenvalue weighted by atomic mass is 10.2. The molecule has 1 N–H and O–H groups in total. The molecule has 1 saturated heterocycles. The van der Waals surface area contributed by atoms with E-state index in [-0.39, 0.29) is 16.7 Å². The number of nitrogens with zero attached hydrogens (tertiary/aromatic N) is 3. The molecule has 2 aromatic carbocycles. The number of aromatic nitrogens is 2. The predicted molar refractivity (Wildman–Crippen MR) is 118 cm³/mol. The number of ether oxygens (including phenoxy) is 3. The van der Waals surface area contributed by atoms with E-state index in [0.717, 1.165) is 44.7 Å². The molecule has 1 aliphatic heterocycles. The minimum Gasteiger partial charge on any atom is -0.493 e. The molecular formula is C22H24ClFN4O3. The van der Waals surface area contributed by atoms with Gasteiger partial charge in [0.1, 0.15) is 0 Å². The second-order valence-electron chi connectivity index (χ2n) is 7.14. The number of halogens is 2. The summed E-state index contributed by atoms with van der Waals surface area (Å²) in [7, 11) is 1.59. The number of methoxy groups -OCH3 is 1. The third kappa shape index (κ3) is 5.33. The van der Waals surface area contributed by atoms with Crippen LogP contribution in [0.15, 0.2) is 36.5 Å². The fraction of sp³-hybridized carbons (Fsp3) is 0.364. The van der Waals surface area contributed by atoms with E-state index >= 15 is 0 Å². The molecule has 0 spiro atoms. The van der Waals surface area contributed by atoms with Crippen molar-refractivity contribution in [2.75, 3.05) is 51.9 Å². The fourth-order valence-corrected chi connectivity index (χ4v) is 3.56. The summed E-state index contributed by atoms with van der Waals surface area (Å²) in [6.07, 6.45) is 2.57. The predicted octanol–water partition coefficient (Wildman–Crippen LogP) is 4.28. The summed E-state index contributed by atoms with van der Waals surface area (Å²) in [6.45, 7) is 5.06. The van der Waals surface area contributed by atoms with Crippen LogP contribution in [-0.4, -0.2) is 61.4 Å². The van der Waals surface area contributed by atoms with Crippen molar-refractivity contribution in [2.45, 2.75) is 6.42 Å². The molecule has 0 amide bonds. The van der Waals surface area contributed by atoms with Crippen molar-refractivity contribution in [3.05, 3.63) is 47.4 Å². The van der Waals surface area contributed by atoms with Crippen molar-refractivity contribution in [1.82, 2.24) is 14.9 Å². The van der Waals surface area contributed by atoms with Crippen molar-refractivity contribution >= 4 is 34.1 Å². The normalized spacial score (nSPS) is 14.5. The van der Waals surface area contributed by atoms with Crippen LogP contribution in [0.3, 0.4) is 0 Å². The third-order valence-electron chi connectivity index (χ3n) is 5.04. The largest absolute Gasteiger partial charge is 0.493 e. The van der Waals surface area contributed by atoms with E-state index in [4.69, 9.17) is 25.8 Å². The maximum atomic E-state index is 14.1. The highest BCUT2D eigenvalue weighted by Gasteiger charge is 2.13. The molecule has 1 fully saturated rings. The summed E-state index contributed by atoms with van der Waals surface area (Å²) in [5.41, 5.74) is 0.858. The van der Waals surface area contributed by atoms with E-state index < -0.39 is 5.82 Å². The van der Waals surface area contributed by atoms with E-state index in [1.807, 2.05) is 6.07 Å². The van der Waals surface area contributed by atoms with Crippen LogP contribution in [0.25, 0.3) is 10.9 Å². The molecule has 1 aliphatic rings. The highest BCUT2D eigenvalue weighted by Crippen LogP contribution is 2.32. The van der Waals surface area contributed by atoms with Crippen LogP contribution >= 0.6 is 11.6 Å². The minimum absolute atomic E-state index is 0.0304. The molecule has 0 atom stereocenters. The van der Waals surface area contributed by atoms with Crippen LogP contribution in [0.1, 0.15) is 6.42 Å². The lowest BCUT2D eigenvalue weighted by molar-refractivity contribution is 0.0357. The SMILES string of the molecule is COc1cc2nc(Nc3cccc(Cl)c3F)ncc2cc1OCCCN1CCOCC1. The van der Waals surface area contributed by atoms with Crippen molar-refractivity contribution in [1.29, 1.82) is 0 Å². The first kappa shape index (κ1) is 21.5. The number of benzene rings is 2. The van der Waals surface area contributed by atoms with E-state index in [9.17, 15) is 4.39 Å². The molecule has 0 aliphatic carbocycles. The van der Waals surface area contributed by atoms with Crippen LogP contribution in [-0.2, 0) is 4.74 Å². The number of morpholine rings is 1. The van der Waals surface area contributed by atoms with Crippen molar-refractivity contribution < 1.29 is 18.6 Å². The van der Waals surface area contributed by atoms with Gasteiger partial charge in [-0.05, 0) is 24.6 Å². The molecule has 164 valence electrons. The summed E-state index contributed by atoms with van der Waals surface area (Å²) in [6, 6.07) is 8.35. The van der Waals surface area contributed by atoms with E-state index in [2.05, 4.69) is 20.2 Å². The molecule has 4 rings (SSSR count). The monoisotopic (exact) mass is 446 g/mol. The van der Waals surface area contributed by atoms with Gasteiger partial charge in [0.25, 0.3) is 0 Å². The average Bonchev–Trinajstić information content (AvgIpc) is 2.80. The average molecular weight is 447 g/mol. The first-order valence-electron chi connectivity index (χ1n) is 10.1. The van der Waals surface area contributed by atoms with Gasteiger partial charge in [-0.3, -0.25) is 4.90 Å². The van der Waals surface area contributed by atoms with Gasteiger partial charge in [-0.25, -0.2) is 14.4 Å². The summed E-state index contributed by atoms with van der Waals surface area (Å²) in [5.74, 6) is 0.931. The standard InChI is InChI=1S/C22H24ClFN4O3/c1-29-19-13-18-15(12-20(19)31-9-3-6-28-7-10-30-11-8-28)14-25-22(27-18)26-17-5-2-4-16(23)21(17)24/h2,4-5,12-14H,3,6-11H2,1H3,(H,25,26,27). The highest BCUT2D eigenvalue weighted by atomic mass is 35.5. The fourth-order valence-electron chi connectivity index (χ4n) is 3.39. The maximum absolute atomic E-state index is 14.1. The van der Waals surface area contributed by atoms with Gasteiger partial charge in [0.05, 0.1) is 43.2 Å². The van der Waals surface area contributed by atoms with E-state index in [1.54, 1.807) is 31.5 Å². The second kappa shape index (κ2) is 10.1. The molecule has 0 radical (unpaired) electrons. The molecule has 3 aromatic rings. The van der Waals surface area contributed by atoms with Crippen LogP contribution in [0.2, 0.25) is 5.02 Å². The topological polar surface area (TPSA) is 68.7 Å². The van der Waals surface area contributed by atoms with E-state index in [1.165, 1.54) is 6.07 Å². The Morgan fingerprint density at radius 1 is 1.23 bits per heavy atom. The zero-order valence-electron chi connectivity index (χ0n) is 17.2. The lowest BCUT2D eigenvalue weighted by Gasteiger charge is -2.26. The smallest absolute Gasteiger partial charge is 0.227 e. The Labute approximate surface area is 185 Å². The molecular weight excluding hydrogens is 423 g/mol. The quantitative estimate of drug-likeness (QED) is 0.518. The van der Waals surface area contributed by atoms with Crippen molar-refractivity contribution in [2.24, 2.45) is 0 Å². The molecule has 1 aromatic heterocycles. The number of fused-ring (bicyclic) bond motifs is 1. The maximum Gasteiger partial charge on any atom is 0.227 e. The number of anilines is 2. The van der Waals surface area contributed by atoms with Gasteiger partial charge in [0, 0.05) is 37.3 Å². The summed E-state index contributed by atoms with van der Waals surface area (Å²) in [4.78, 5) is 11.1. The molecule has 7 nitrogen and oxygen atoms in total. The lowest BCUT2D eigenvalue weighted by Crippen LogP contribution is -2.37. The van der Waals surface area contributed by atoms with Gasteiger partial charge in [0.2, 0.25) is 5.95 Å². The molecule has 2 heterocycles. The molecule has 9 heteroatoms. The van der Waals surface area contributed by atoms with Gasteiger partial charge in [-0.15, -0.1) is 0 Å². The first-order valence-corrected chi connectivity index (χ1v) is 10.5. The Hall–Kier alpha value is -2.68. The number of rotatable bonds is 8. The Morgan fingerprint density at radius 3 is 2.87 bits per heavy atom. The van der Waals surface area contributed by atoms with Gasteiger partial charge in [-0.2, -0.15) is 0 Å². The van der Waals surface area contributed by atoms with Gasteiger partial charge in [-0.1, -0.05) is 17.7 Å². The van der Waals surface area contributed by atoms with Crippen LogP contribution < -0.4 is 14.8 Å². The van der Waals surface area contributed by atoms with Gasteiger partial charge < -0.3 is 19.5 Å². The van der Waals surface area contributed by atoms with Crippen LogP contribution in [0, 0.1) is 5.82 Å². The highest BCUT2D eigenvalue weighted by molar-refractivity contribution is 6.31. The summed E-state index contributed by atoms with van der Waals surface area (Å²) in [5, 5.41) is 3.69. The van der Waals surface area contributed by atoms with Crippen LogP contribution in [0.4, 0.5) is 16.0 Å². The van der Waals surface area contributed by atoms with Gasteiger partial charge >= 0.3 is 0 Å². The Morgan fingerprint density at radius 2 is 2.06 bits per heavy atom.